The molecule has 84 valence electrons. The van der Waals surface area contributed by atoms with Crippen LogP contribution in [0.4, 0.5) is 0 Å². The number of aryl methyl sites for hydroxylation is 1. The average molecular weight is 257 g/mol. The molecule has 0 bridgehead atoms. The molecule has 0 unspecified atom stereocenters. The van der Waals surface area contributed by atoms with E-state index in [1.54, 1.807) is 36.1 Å². The molecule has 0 radical (unpaired) electrons. The summed E-state index contributed by atoms with van der Waals surface area (Å²) in [7, 11) is 1.72. The van der Waals surface area contributed by atoms with Crippen LogP contribution in [0.1, 0.15) is 5.56 Å². The topological polar surface area (TPSA) is 26.9 Å². The van der Waals surface area contributed by atoms with Gasteiger partial charge in [-0.25, -0.2) is 4.79 Å². The highest BCUT2D eigenvalue weighted by Gasteiger charge is 2.03. The van der Waals surface area contributed by atoms with Gasteiger partial charge in [-0.1, -0.05) is 29.3 Å². The molecule has 0 saturated heterocycles. The summed E-state index contributed by atoms with van der Waals surface area (Å²) in [6, 6.07) is 5.35. The van der Waals surface area contributed by atoms with E-state index in [0.717, 1.165) is 5.56 Å². The van der Waals surface area contributed by atoms with Crippen molar-refractivity contribution in [2.24, 2.45) is 7.05 Å². The maximum absolute atomic E-state index is 11.6. The zero-order valence-electron chi connectivity index (χ0n) is 8.65. The smallest absolute Gasteiger partial charge is 0.302 e. The van der Waals surface area contributed by atoms with Gasteiger partial charge in [0.1, 0.15) is 0 Å². The summed E-state index contributed by atoms with van der Waals surface area (Å²) < 4.78 is 3.14. The molecule has 1 aromatic carbocycles. The molecule has 2 rings (SSSR count). The summed E-state index contributed by atoms with van der Waals surface area (Å²) in [5.41, 5.74) is 0.897. The number of hydrogen-bond donors (Lipinski definition) is 0. The predicted octanol–water partition coefficient (Wildman–Crippen LogP) is 2.54. The fourth-order valence-electron chi connectivity index (χ4n) is 1.47. The van der Waals surface area contributed by atoms with Crippen molar-refractivity contribution >= 4 is 23.2 Å². The lowest BCUT2D eigenvalue weighted by atomic mass is 10.2. The van der Waals surface area contributed by atoms with Crippen LogP contribution in [0.3, 0.4) is 0 Å². The van der Waals surface area contributed by atoms with E-state index in [-0.39, 0.29) is 5.69 Å². The van der Waals surface area contributed by atoms with Gasteiger partial charge >= 0.3 is 5.69 Å². The number of aromatic nitrogens is 2. The van der Waals surface area contributed by atoms with E-state index in [1.165, 1.54) is 4.57 Å². The van der Waals surface area contributed by atoms with Crippen LogP contribution in [0.2, 0.25) is 10.0 Å². The molecule has 16 heavy (non-hydrogen) atoms. The van der Waals surface area contributed by atoms with Crippen molar-refractivity contribution < 1.29 is 0 Å². The Morgan fingerprint density at radius 1 is 1.19 bits per heavy atom. The fraction of sp³-hybridized carbons (Fsp3) is 0.182. The summed E-state index contributed by atoms with van der Waals surface area (Å²) in [5, 5.41) is 1.02. The maximum Gasteiger partial charge on any atom is 0.328 e. The second kappa shape index (κ2) is 4.36. The van der Waals surface area contributed by atoms with Crippen LogP contribution in [0.15, 0.2) is 35.4 Å². The maximum atomic E-state index is 11.6. The minimum atomic E-state index is -0.0499. The molecule has 0 fully saturated rings. The van der Waals surface area contributed by atoms with Crippen LogP contribution in [0.25, 0.3) is 0 Å². The van der Waals surface area contributed by atoms with Crippen molar-refractivity contribution in [1.29, 1.82) is 0 Å². The minimum Gasteiger partial charge on any atom is -0.302 e. The predicted molar refractivity (Wildman–Crippen MR) is 65.2 cm³/mol. The van der Waals surface area contributed by atoms with Crippen LogP contribution in [-0.4, -0.2) is 9.13 Å². The number of nitrogens with zero attached hydrogens (tertiary/aromatic N) is 2. The Bertz CT molecular complexity index is 572. The monoisotopic (exact) mass is 256 g/mol. The molecule has 5 heteroatoms. The first-order valence-electron chi connectivity index (χ1n) is 4.73. The number of hydrogen-bond acceptors (Lipinski definition) is 1. The Morgan fingerprint density at radius 2 is 1.94 bits per heavy atom. The molecule has 0 atom stereocenters. The molecule has 0 spiro atoms. The van der Waals surface area contributed by atoms with Gasteiger partial charge in [0.25, 0.3) is 0 Å². The van der Waals surface area contributed by atoms with Crippen molar-refractivity contribution in [3.8, 4) is 0 Å². The van der Waals surface area contributed by atoms with E-state index >= 15 is 0 Å². The lowest BCUT2D eigenvalue weighted by Crippen LogP contribution is -2.22. The molecule has 0 aliphatic rings. The van der Waals surface area contributed by atoms with E-state index in [1.807, 2.05) is 6.07 Å². The van der Waals surface area contributed by atoms with E-state index in [4.69, 9.17) is 23.2 Å². The largest absolute Gasteiger partial charge is 0.328 e. The number of benzene rings is 1. The lowest BCUT2D eigenvalue weighted by Gasteiger charge is -2.03. The summed E-state index contributed by atoms with van der Waals surface area (Å²) in [4.78, 5) is 11.6. The van der Waals surface area contributed by atoms with Gasteiger partial charge in [-0.05, 0) is 17.7 Å². The van der Waals surface area contributed by atoms with Crippen LogP contribution in [0.5, 0.6) is 0 Å². The van der Waals surface area contributed by atoms with Crippen LogP contribution < -0.4 is 5.69 Å². The summed E-state index contributed by atoms with van der Waals surface area (Å²) in [6.45, 7) is 0.497. The Hall–Kier alpha value is -1.19. The second-order valence-corrected chi connectivity index (χ2v) is 4.38. The third kappa shape index (κ3) is 2.15. The van der Waals surface area contributed by atoms with Crippen molar-refractivity contribution in [3.05, 3.63) is 56.7 Å². The zero-order valence-corrected chi connectivity index (χ0v) is 10.2. The number of imidazole rings is 1. The summed E-state index contributed by atoms with van der Waals surface area (Å²) in [6.07, 6.45) is 3.46. The zero-order chi connectivity index (χ0) is 11.7. The molecular formula is C11H10Cl2N2O. The second-order valence-electron chi connectivity index (χ2n) is 3.57. The number of rotatable bonds is 2. The molecule has 0 aliphatic carbocycles. The SMILES string of the molecule is Cn1ccn(Cc2ccc(Cl)c(Cl)c2)c1=O. The Kier molecular flexibility index (Phi) is 3.08. The van der Waals surface area contributed by atoms with E-state index < -0.39 is 0 Å². The average Bonchev–Trinajstić information content (AvgIpc) is 2.55. The van der Waals surface area contributed by atoms with Crippen LogP contribution >= 0.6 is 23.2 Å². The summed E-state index contributed by atoms with van der Waals surface area (Å²) >= 11 is 11.7. The Balaban J connectivity index is 2.31. The first-order valence-corrected chi connectivity index (χ1v) is 5.49. The Labute approximate surface area is 103 Å². The molecule has 3 nitrogen and oxygen atoms in total. The number of halogens is 2. The molecule has 1 aromatic heterocycles. The molecule has 0 N–H and O–H groups in total. The van der Waals surface area contributed by atoms with Gasteiger partial charge in [0, 0.05) is 19.4 Å². The van der Waals surface area contributed by atoms with E-state index in [2.05, 4.69) is 0 Å². The first-order chi connectivity index (χ1) is 7.58. The summed E-state index contributed by atoms with van der Waals surface area (Å²) in [5.74, 6) is 0. The molecule has 2 aromatic rings. The van der Waals surface area contributed by atoms with Gasteiger partial charge in [0.2, 0.25) is 0 Å². The van der Waals surface area contributed by atoms with Crippen LogP contribution in [0, 0.1) is 0 Å². The van der Waals surface area contributed by atoms with Crippen LogP contribution in [-0.2, 0) is 13.6 Å². The van der Waals surface area contributed by atoms with Crippen molar-refractivity contribution in [2.75, 3.05) is 0 Å². The lowest BCUT2D eigenvalue weighted by molar-refractivity contribution is 0.718. The van der Waals surface area contributed by atoms with E-state index in [9.17, 15) is 4.79 Å². The van der Waals surface area contributed by atoms with Crippen molar-refractivity contribution in [3.63, 3.8) is 0 Å². The molecule has 0 amide bonds. The van der Waals surface area contributed by atoms with Crippen molar-refractivity contribution in [2.45, 2.75) is 6.54 Å². The fourth-order valence-corrected chi connectivity index (χ4v) is 1.79. The third-order valence-corrected chi connectivity index (χ3v) is 3.09. The molecular weight excluding hydrogens is 247 g/mol. The van der Waals surface area contributed by atoms with Gasteiger partial charge in [0.15, 0.2) is 0 Å². The standard InChI is InChI=1S/C11H10Cl2N2O/c1-14-4-5-15(11(14)16)7-8-2-3-9(12)10(13)6-8/h2-6H,7H2,1H3. The normalized spacial score (nSPS) is 10.7. The quantitative estimate of drug-likeness (QED) is 0.812. The third-order valence-electron chi connectivity index (χ3n) is 2.35. The molecule has 0 aliphatic heterocycles. The van der Waals surface area contributed by atoms with E-state index in [0.29, 0.717) is 16.6 Å². The van der Waals surface area contributed by atoms with Gasteiger partial charge in [0.05, 0.1) is 16.6 Å². The highest BCUT2D eigenvalue weighted by Crippen LogP contribution is 2.22. The van der Waals surface area contributed by atoms with Crippen molar-refractivity contribution in [1.82, 2.24) is 9.13 Å². The molecule has 0 saturated carbocycles. The molecule has 1 heterocycles. The first kappa shape index (κ1) is 11.3. The highest BCUT2D eigenvalue weighted by atomic mass is 35.5. The van der Waals surface area contributed by atoms with Gasteiger partial charge in [-0.2, -0.15) is 0 Å². The Morgan fingerprint density at radius 3 is 2.50 bits per heavy atom. The van der Waals surface area contributed by atoms with Gasteiger partial charge < -0.3 is 4.57 Å². The van der Waals surface area contributed by atoms with Gasteiger partial charge in [-0.3, -0.25) is 4.57 Å². The minimum absolute atomic E-state index is 0.0499. The highest BCUT2D eigenvalue weighted by molar-refractivity contribution is 6.42. The van der Waals surface area contributed by atoms with Gasteiger partial charge in [-0.15, -0.1) is 0 Å².